The Labute approximate surface area is 114 Å². The van der Waals surface area contributed by atoms with Gasteiger partial charge in [-0.2, -0.15) is 11.3 Å². The molecular formula is C13H16BrNOS. The molecule has 4 heteroatoms. The number of hydrogen-bond donors (Lipinski definition) is 1. The molecule has 0 bridgehead atoms. The minimum absolute atomic E-state index is 0.188. The Bertz CT molecular complexity index is 530. The SMILES string of the molecule is CNC(c1cscc1Br)c1c(C)oc(C)c1C. The van der Waals surface area contributed by atoms with E-state index in [1.807, 2.05) is 20.9 Å². The van der Waals surface area contributed by atoms with Gasteiger partial charge >= 0.3 is 0 Å². The molecule has 2 heterocycles. The van der Waals surface area contributed by atoms with Crippen LogP contribution in [0.1, 0.15) is 34.3 Å². The van der Waals surface area contributed by atoms with Gasteiger partial charge in [0.15, 0.2) is 0 Å². The predicted molar refractivity (Wildman–Crippen MR) is 75.8 cm³/mol. The Kier molecular flexibility index (Phi) is 3.76. The van der Waals surface area contributed by atoms with Crippen LogP contribution in [0.3, 0.4) is 0 Å². The Morgan fingerprint density at radius 2 is 1.94 bits per heavy atom. The average Bonchev–Trinajstić information content (AvgIpc) is 2.79. The van der Waals surface area contributed by atoms with E-state index in [0.717, 1.165) is 16.0 Å². The van der Waals surface area contributed by atoms with E-state index in [9.17, 15) is 0 Å². The lowest BCUT2D eigenvalue weighted by molar-refractivity contribution is 0.495. The number of hydrogen-bond acceptors (Lipinski definition) is 3. The number of nitrogens with one attached hydrogen (secondary N) is 1. The Balaban J connectivity index is 2.53. The van der Waals surface area contributed by atoms with Crippen LogP contribution >= 0.6 is 27.3 Å². The second-order valence-corrected chi connectivity index (χ2v) is 5.75. The Hall–Kier alpha value is -0.580. The fourth-order valence-electron chi connectivity index (χ4n) is 2.19. The minimum atomic E-state index is 0.188. The number of rotatable bonds is 3. The summed E-state index contributed by atoms with van der Waals surface area (Å²) in [7, 11) is 1.98. The van der Waals surface area contributed by atoms with Gasteiger partial charge in [0.05, 0.1) is 6.04 Å². The van der Waals surface area contributed by atoms with Crippen LogP contribution in [0.2, 0.25) is 0 Å². The molecule has 0 aliphatic heterocycles. The van der Waals surface area contributed by atoms with Crippen LogP contribution in [0, 0.1) is 20.8 Å². The molecule has 0 aromatic carbocycles. The van der Waals surface area contributed by atoms with Crippen LogP contribution in [-0.2, 0) is 0 Å². The monoisotopic (exact) mass is 313 g/mol. The molecule has 0 aliphatic carbocycles. The highest BCUT2D eigenvalue weighted by Crippen LogP contribution is 2.36. The van der Waals surface area contributed by atoms with Gasteiger partial charge in [0.2, 0.25) is 0 Å². The molecule has 2 aromatic rings. The lowest BCUT2D eigenvalue weighted by Crippen LogP contribution is -2.18. The number of furan rings is 1. The van der Waals surface area contributed by atoms with Crippen molar-refractivity contribution in [2.45, 2.75) is 26.8 Å². The van der Waals surface area contributed by atoms with Crippen LogP contribution in [-0.4, -0.2) is 7.05 Å². The first kappa shape index (κ1) is 12.9. The minimum Gasteiger partial charge on any atom is -0.466 e. The molecule has 0 amide bonds. The molecule has 0 spiro atoms. The second-order valence-electron chi connectivity index (χ2n) is 4.15. The van der Waals surface area contributed by atoms with Gasteiger partial charge in [-0.1, -0.05) is 0 Å². The molecule has 0 fully saturated rings. The molecule has 2 nitrogen and oxygen atoms in total. The number of aryl methyl sites for hydroxylation is 2. The first-order valence-corrected chi connectivity index (χ1v) is 7.25. The zero-order chi connectivity index (χ0) is 12.6. The number of thiophene rings is 1. The zero-order valence-electron chi connectivity index (χ0n) is 10.4. The van der Waals surface area contributed by atoms with E-state index in [2.05, 4.69) is 38.9 Å². The van der Waals surface area contributed by atoms with Crippen molar-refractivity contribution in [2.75, 3.05) is 7.05 Å². The summed E-state index contributed by atoms with van der Waals surface area (Å²) in [5.41, 5.74) is 3.76. The molecule has 92 valence electrons. The number of halogens is 1. The van der Waals surface area contributed by atoms with Crippen molar-refractivity contribution in [2.24, 2.45) is 0 Å². The fourth-order valence-corrected chi connectivity index (χ4v) is 3.74. The fraction of sp³-hybridized carbons (Fsp3) is 0.385. The van der Waals surface area contributed by atoms with E-state index in [1.165, 1.54) is 16.7 Å². The largest absolute Gasteiger partial charge is 0.466 e. The molecule has 2 aromatic heterocycles. The van der Waals surface area contributed by atoms with Gasteiger partial charge in [-0.15, -0.1) is 0 Å². The van der Waals surface area contributed by atoms with E-state index >= 15 is 0 Å². The van der Waals surface area contributed by atoms with E-state index < -0.39 is 0 Å². The van der Waals surface area contributed by atoms with Crippen molar-refractivity contribution in [3.8, 4) is 0 Å². The third kappa shape index (κ3) is 2.21. The molecule has 1 N–H and O–H groups in total. The average molecular weight is 314 g/mol. The molecule has 1 atom stereocenters. The summed E-state index contributed by atoms with van der Waals surface area (Å²) in [6.07, 6.45) is 0. The highest BCUT2D eigenvalue weighted by molar-refractivity contribution is 9.10. The topological polar surface area (TPSA) is 25.2 Å². The van der Waals surface area contributed by atoms with E-state index in [0.29, 0.717) is 0 Å². The summed E-state index contributed by atoms with van der Waals surface area (Å²) >= 11 is 5.31. The summed E-state index contributed by atoms with van der Waals surface area (Å²) in [5, 5.41) is 7.65. The Morgan fingerprint density at radius 1 is 1.24 bits per heavy atom. The van der Waals surface area contributed by atoms with Crippen molar-refractivity contribution >= 4 is 27.3 Å². The summed E-state index contributed by atoms with van der Waals surface area (Å²) in [6.45, 7) is 6.16. The molecule has 2 rings (SSSR count). The molecule has 1 unspecified atom stereocenters. The van der Waals surface area contributed by atoms with Crippen LogP contribution in [0.4, 0.5) is 0 Å². The van der Waals surface area contributed by atoms with Gasteiger partial charge in [-0.05, 0) is 60.3 Å². The zero-order valence-corrected chi connectivity index (χ0v) is 12.8. The maximum atomic E-state index is 5.71. The molecule has 0 radical (unpaired) electrons. The third-order valence-corrected chi connectivity index (χ3v) is 4.90. The van der Waals surface area contributed by atoms with Gasteiger partial charge in [0, 0.05) is 15.4 Å². The summed E-state index contributed by atoms with van der Waals surface area (Å²) in [4.78, 5) is 0. The van der Waals surface area contributed by atoms with E-state index in [1.54, 1.807) is 11.3 Å². The normalized spacial score (nSPS) is 13.0. The highest BCUT2D eigenvalue weighted by atomic mass is 79.9. The van der Waals surface area contributed by atoms with Crippen LogP contribution in [0.25, 0.3) is 0 Å². The molecular weight excluding hydrogens is 298 g/mol. The van der Waals surface area contributed by atoms with Gasteiger partial charge in [-0.25, -0.2) is 0 Å². The van der Waals surface area contributed by atoms with Crippen molar-refractivity contribution < 1.29 is 4.42 Å². The van der Waals surface area contributed by atoms with Crippen LogP contribution in [0.15, 0.2) is 19.6 Å². The highest BCUT2D eigenvalue weighted by Gasteiger charge is 2.23. The summed E-state index contributed by atoms with van der Waals surface area (Å²) < 4.78 is 6.87. The van der Waals surface area contributed by atoms with Crippen LogP contribution in [0.5, 0.6) is 0 Å². The summed E-state index contributed by atoms with van der Waals surface area (Å²) in [6, 6.07) is 0.188. The summed E-state index contributed by atoms with van der Waals surface area (Å²) in [5.74, 6) is 2.00. The lowest BCUT2D eigenvalue weighted by Gasteiger charge is -2.16. The van der Waals surface area contributed by atoms with Crippen molar-refractivity contribution in [3.63, 3.8) is 0 Å². The van der Waals surface area contributed by atoms with Crippen molar-refractivity contribution in [1.29, 1.82) is 0 Å². The smallest absolute Gasteiger partial charge is 0.106 e. The first-order valence-electron chi connectivity index (χ1n) is 5.51. The van der Waals surface area contributed by atoms with Gasteiger partial charge < -0.3 is 9.73 Å². The lowest BCUT2D eigenvalue weighted by atomic mass is 9.98. The van der Waals surface area contributed by atoms with Gasteiger partial charge in [-0.3, -0.25) is 0 Å². The predicted octanol–water partition coefficient (Wildman–Crippen LogP) is 4.34. The Morgan fingerprint density at radius 3 is 2.35 bits per heavy atom. The third-order valence-electron chi connectivity index (χ3n) is 3.15. The molecule has 0 aliphatic rings. The maximum absolute atomic E-state index is 5.71. The van der Waals surface area contributed by atoms with Gasteiger partial charge in [0.1, 0.15) is 11.5 Å². The molecule has 0 saturated heterocycles. The standard InChI is InChI=1S/C13H16BrNOS/c1-7-8(2)16-9(3)12(7)13(15-4)10-5-17-6-11(10)14/h5-6,13,15H,1-4H3. The van der Waals surface area contributed by atoms with Crippen molar-refractivity contribution in [3.05, 3.63) is 43.4 Å². The van der Waals surface area contributed by atoms with E-state index in [-0.39, 0.29) is 6.04 Å². The second kappa shape index (κ2) is 4.96. The van der Waals surface area contributed by atoms with Crippen molar-refractivity contribution in [1.82, 2.24) is 5.32 Å². The molecule has 0 saturated carbocycles. The quantitative estimate of drug-likeness (QED) is 0.912. The van der Waals surface area contributed by atoms with Crippen LogP contribution < -0.4 is 5.32 Å². The maximum Gasteiger partial charge on any atom is 0.106 e. The van der Waals surface area contributed by atoms with E-state index in [4.69, 9.17) is 4.42 Å². The van der Waals surface area contributed by atoms with Gasteiger partial charge in [0.25, 0.3) is 0 Å². The first-order chi connectivity index (χ1) is 8.06. The molecule has 17 heavy (non-hydrogen) atoms.